The Kier molecular flexibility index (Phi) is 7.08. The zero-order valence-electron chi connectivity index (χ0n) is 17.1. The Labute approximate surface area is 179 Å². The molecule has 154 valence electrons. The number of esters is 1. The fourth-order valence-electron chi connectivity index (χ4n) is 2.88. The third kappa shape index (κ3) is 5.39. The molecule has 3 aromatic rings. The summed E-state index contributed by atoms with van der Waals surface area (Å²) in [6.45, 7) is 3.32. The summed E-state index contributed by atoms with van der Waals surface area (Å²) < 4.78 is 6.81. The smallest absolute Gasteiger partial charge is 0.331 e. The van der Waals surface area contributed by atoms with Crippen LogP contribution in [0.15, 0.2) is 65.6 Å². The summed E-state index contributed by atoms with van der Waals surface area (Å²) in [6.07, 6.45) is 4.97. The largest absolute Gasteiger partial charge is 0.452 e. The van der Waals surface area contributed by atoms with E-state index in [0.717, 1.165) is 21.8 Å². The minimum atomic E-state index is -0.576. The number of hydrogen-bond donors (Lipinski definition) is 1. The lowest BCUT2D eigenvalue weighted by atomic mass is 10.2. The summed E-state index contributed by atoms with van der Waals surface area (Å²) in [5, 5.41) is 7.27. The van der Waals surface area contributed by atoms with Gasteiger partial charge in [-0.15, -0.1) is 11.8 Å². The Bertz CT molecular complexity index is 1060. The van der Waals surface area contributed by atoms with Gasteiger partial charge in [-0.3, -0.25) is 4.79 Å². The van der Waals surface area contributed by atoms with Crippen molar-refractivity contribution in [3.63, 3.8) is 0 Å². The average molecular weight is 422 g/mol. The van der Waals surface area contributed by atoms with E-state index in [9.17, 15) is 9.59 Å². The lowest BCUT2D eigenvalue weighted by Crippen LogP contribution is -2.20. The molecular formula is C23H23N3O3S. The number of anilines is 1. The number of para-hydroxylation sites is 1. The van der Waals surface area contributed by atoms with Gasteiger partial charge in [-0.25, -0.2) is 9.48 Å². The molecule has 2 aromatic carbocycles. The van der Waals surface area contributed by atoms with Crippen LogP contribution in [0.2, 0.25) is 0 Å². The van der Waals surface area contributed by atoms with Gasteiger partial charge in [0.2, 0.25) is 0 Å². The maximum atomic E-state index is 12.3. The number of carbonyl (C=O) groups excluding carboxylic acids is 2. The maximum Gasteiger partial charge on any atom is 0.331 e. The van der Waals surface area contributed by atoms with Crippen LogP contribution in [0.5, 0.6) is 0 Å². The molecule has 6 nitrogen and oxygen atoms in total. The van der Waals surface area contributed by atoms with E-state index in [2.05, 4.69) is 10.4 Å². The van der Waals surface area contributed by atoms with Crippen LogP contribution in [0, 0.1) is 13.8 Å². The van der Waals surface area contributed by atoms with E-state index in [-0.39, 0.29) is 6.61 Å². The fourth-order valence-corrected chi connectivity index (χ4v) is 3.29. The first-order valence-corrected chi connectivity index (χ1v) is 10.6. The van der Waals surface area contributed by atoms with Gasteiger partial charge in [0, 0.05) is 11.0 Å². The van der Waals surface area contributed by atoms with Gasteiger partial charge in [0.15, 0.2) is 6.61 Å². The number of hydrogen-bond acceptors (Lipinski definition) is 5. The highest BCUT2D eigenvalue weighted by Crippen LogP contribution is 2.22. The summed E-state index contributed by atoms with van der Waals surface area (Å²) in [5.74, 6) is -0.993. The molecule has 0 aliphatic carbocycles. The molecule has 1 N–H and O–H groups in total. The topological polar surface area (TPSA) is 73.2 Å². The number of nitrogens with one attached hydrogen (secondary N) is 1. The van der Waals surface area contributed by atoms with Crippen LogP contribution in [-0.4, -0.2) is 34.5 Å². The van der Waals surface area contributed by atoms with Crippen molar-refractivity contribution in [1.82, 2.24) is 9.78 Å². The molecule has 0 aliphatic heterocycles. The van der Waals surface area contributed by atoms with E-state index in [1.165, 1.54) is 6.08 Å². The molecule has 0 unspecified atom stereocenters. The van der Waals surface area contributed by atoms with Crippen molar-refractivity contribution < 1.29 is 14.3 Å². The predicted octanol–water partition coefficient (Wildman–Crippen LogP) is 4.41. The summed E-state index contributed by atoms with van der Waals surface area (Å²) >= 11 is 1.65. The van der Waals surface area contributed by atoms with Crippen LogP contribution >= 0.6 is 11.8 Å². The molecule has 30 heavy (non-hydrogen) atoms. The molecule has 0 saturated heterocycles. The van der Waals surface area contributed by atoms with Gasteiger partial charge in [0.1, 0.15) is 0 Å². The van der Waals surface area contributed by atoms with Crippen molar-refractivity contribution in [3.05, 3.63) is 77.6 Å². The fraction of sp³-hybridized carbons (Fsp3) is 0.174. The second-order valence-electron chi connectivity index (χ2n) is 6.56. The average Bonchev–Trinajstić information content (AvgIpc) is 3.05. The predicted molar refractivity (Wildman–Crippen MR) is 120 cm³/mol. The zero-order valence-corrected chi connectivity index (χ0v) is 17.9. The second-order valence-corrected chi connectivity index (χ2v) is 7.44. The molecule has 1 aromatic heterocycles. The Morgan fingerprint density at radius 2 is 1.80 bits per heavy atom. The lowest BCUT2D eigenvalue weighted by Gasteiger charge is -2.07. The van der Waals surface area contributed by atoms with Crippen LogP contribution in [0.4, 0.5) is 5.69 Å². The molecule has 0 saturated carbocycles. The van der Waals surface area contributed by atoms with E-state index in [1.807, 2.05) is 74.7 Å². The SMILES string of the molecule is CSc1ccc(/C=C/C(=O)OCC(=O)Nc2c(C)nn(-c3ccccc3)c2C)cc1. The van der Waals surface area contributed by atoms with Gasteiger partial charge in [-0.1, -0.05) is 30.3 Å². The minimum Gasteiger partial charge on any atom is -0.452 e. The van der Waals surface area contributed by atoms with Crippen LogP contribution < -0.4 is 5.32 Å². The number of carbonyl (C=O) groups is 2. The molecule has 0 bridgehead atoms. The molecule has 0 atom stereocenters. The Morgan fingerprint density at radius 3 is 2.47 bits per heavy atom. The van der Waals surface area contributed by atoms with Crippen molar-refractivity contribution in [2.24, 2.45) is 0 Å². The molecule has 0 fully saturated rings. The van der Waals surface area contributed by atoms with E-state index in [1.54, 1.807) is 22.5 Å². The second kappa shape index (κ2) is 9.93. The van der Waals surface area contributed by atoms with Gasteiger partial charge in [0.25, 0.3) is 5.91 Å². The normalized spacial score (nSPS) is 10.9. The lowest BCUT2D eigenvalue weighted by molar-refractivity contribution is -0.142. The van der Waals surface area contributed by atoms with Crippen LogP contribution in [0.1, 0.15) is 17.0 Å². The first-order valence-electron chi connectivity index (χ1n) is 9.38. The van der Waals surface area contributed by atoms with E-state index >= 15 is 0 Å². The standard InChI is InChI=1S/C23H23N3O3S/c1-16-23(17(2)26(25-16)19-7-5-4-6-8-19)24-21(27)15-29-22(28)14-11-18-9-12-20(30-3)13-10-18/h4-14H,15H2,1-3H3,(H,24,27)/b14-11+. The highest BCUT2D eigenvalue weighted by Gasteiger charge is 2.15. The summed E-state index contributed by atoms with van der Waals surface area (Å²) in [5.41, 5.74) is 3.88. The molecule has 7 heteroatoms. The third-order valence-electron chi connectivity index (χ3n) is 4.43. The molecular weight excluding hydrogens is 398 g/mol. The van der Waals surface area contributed by atoms with Gasteiger partial charge in [0.05, 0.1) is 22.8 Å². The van der Waals surface area contributed by atoms with Gasteiger partial charge >= 0.3 is 5.97 Å². The number of aryl methyl sites for hydroxylation is 1. The Balaban J connectivity index is 1.56. The van der Waals surface area contributed by atoms with E-state index in [4.69, 9.17) is 4.74 Å². The van der Waals surface area contributed by atoms with Crippen LogP contribution in [-0.2, 0) is 14.3 Å². The van der Waals surface area contributed by atoms with Crippen molar-refractivity contribution in [3.8, 4) is 5.69 Å². The zero-order chi connectivity index (χ0) is 21.5. The maximum absolute atomic E-state index is 12.3. The number of aromatic nitrogens is 2. The number of benzene rings is 2. The number of thioether (sulfide) groups is 1. The highest BCUT2D eigenvalue weighted by molar-refractivity contribution is 7.98. The van der Waals surface area contributed by atoms with Gasteiger partial charge in [-0.05, 0) is 56.0 Å². The molecule has 0 radical (unpaired) electrons. The molecule has 1 amide bonds. The minimum absolute atomic E-state index is 0.371. The first kappa shape index (κ1) is 21.4. The van der Waals surface area contributed by atoms with E-state index < -0.39 is 11.9 Å². The van der Waals surface area contributed by atoms with Crippen molar-refractivity contribution >= 4 is 35.4 Å². The number of ether oxygens (including phenoxy) is 1. The van der Waals surface area contributed by atoms with Crippen molar-refractivity contribution in [1.29, 1.82) is 0 Å². The van der Waals surface area contributed by atoms with Crippen LogP contribution in [0.3, 0.4) is 0 Å². The molecule has 3 rings (SSSR count). The van der Waals surface area contributed by atoms with Crippen LogP contribution in [0.25, 0.3) is 11.8 Å². The van der Waals surface area contributed by atoms with Crippen molar-refractivity contribution in [2.45, 2.75) is 18.7 Å². The third-order valence-corrected chi connectivity index (χ3v) is 5.17. The quantitative estimate of drug-likeness (QED) is 0.348. The number of nitrogens with zero attached hydrogens (tertiary/aromatic N) is 2. The Hall–Kier alpha value is -3.32. The molecule has 1 heterocycles. The first-order chi connectivity index (χ1) is 14.5. The van der Waals surface area contributed by atoms with Gasteiger partial charge in [-0.2, -0.15) is 5.10 Å². The number of amides is 1. The summed E-state index contributed by atoms with van der Waals surface area (Å²) in [4.78, 5) is 25.3. The van der Waals surface area contributed by atoms with E-state index in [0.29, 0.717) is 11.4 Å². The molecule has 0 spiro atoms. The summed E-state index contributed by atoms with van der Waals surface area (Å²) in [6, 6.07) is 17.4. The van der Waals surface area contributed by atoms with Crippen molar-refractivity contribution in [2.75, 3.05) is 18.2 Å². The molecule has 0 aliphatic rings. The monoisotopic (exact) mass is 421 g/mol. The highest BCUT2D eigenvalue weighted by atomic mass is 32.2. The Morgan fingerprint density at radius 1 is 1.10 bits per heavy atom. The number of rotatable bonds is 7. The van der Waals surface area contributed by atoms with Gasteiger partial charge < -0.3 is 10.1 Å². The summed E-state index contributed by atoms with van der Waals surface area (Å²) in [7, 11) is 0.